The van der Waals surface area contributed by atoms with Crippen molar-refractivity contribution >= 4 is 11.7 Å². The van der Waals surface area contributed by atoms with Crippen LogP contribution in [0.25, 0.3) is 0 Å². The first kappa shape index (κ1) is 13.2. The fraction of sp³-hybridized carbons (Fsp3) is 0.833. The smallest absolute Gasteiger partial charge is 0.236 e. The van der Waals surface area contributed by atoms with Crippen LogP contribution >= 0.6 is 0 Å². The number of carbonyl (C=O) groups excluding carboxylic acids is 2. The van der Waals surface area contributed by atoms with Gasteiger partial charge in [0.1, 0.15) is 5.78 Å². The van der Waals surface area contributed by atoms with E-state index in [-0.39, 0.29) is 17.6 Å². The van der Waals surface area contributed by atoms with E-state index in [0.717, 1.165) is 32.6 Å². The molecule has 16 heavy (non-hydrogen) atoms. The molecule has 0 aromatic rings. The minimum atomic E-state index is 0.0667. The highest BCUT2D eigenvalue weighted by molar-refractivity contribution is 5.79. The minimum Gasteiger partial charge on any atom is -0.340 e. The quantitative estimate of drug-likeness (QED) is 0.695. The molecule has 4 heteroatoms. The van der Waals surface area contributed by atoms with Gasteiger partial charge in [0, 0.05) is 25.6 Å². The summed E-state index contributed by atoms with van der Waals surface area (Å²) in [5, 5.41) is 0. The summed E-state index contributed by atoms with van der Waals surface area (Å²) in [4.78, 5) is 26.9. The van der Waals surface area contributed by atoms with Crippen LogP contribution in [0.2, 0.25) is 0 Å². The first-order valence-corrected chi connectivity index (χ1v) is 6.05. The van der Waals surface area contributed by atoms with E-state index >= 15 is 0 Å². The Labute approximate surface area is 97.6 Å². The largest absolute Gasteiger partial charge is 0.340 e. The van der Waals surface area contributed by atoms with Crippen molar-refractivity contribution in [3.05, 3.63) is 0 Å². The van der Waals surface area contributed by atoms with Gasteiger partial charge in [-0.3, -0.25) is 14.5 Å². The summed E-state index contributed by atoms with van der Waals surface area (Å²) in [5.41, 5.74) is 0. The lowest BCUT2D eigenvalue weighted by molar-refractivity contribution is -0.136. The molecule has 1 aliphatic heterocycles. The molecule has 4 nitrogen and oxygen atoms in total. The summed E-state index contributed by atoms with van der Waals surface area (Å²) in [6.07, 6.45) is 0.785. The van der Waals surface area contributed by atoms with Gasteiger partial charge in [-0.05, 0) is 19.9 Å². The predicted molar refractivity (Wildman–Crippen MR) is 63.2 cm³/mol. The van der Waals surface area contributed by atoms with Crippen LogP contribution < -0.4 is 0 Å². The molecule has 1 atom stereocenters. The van der Waals surface area contributed by atoms with Gasteiger partial charge in [0.25, 0.3) is 0 Å². The highest BCUT2D eigenvalue weighted by Crippen LogP contribution is 2.08. The molecule has 0 bridgehead atoms. The Morgan fingerprint density at radius 1 is 1.44 bits per heavy atom. The molecular formula is C12H22N2O2. The molecule has 1 aliphatic rings. The van der Waals surface area contributed by atoms with Crippen LogP contribution in [0.4, 0.5) is 0 Å². The molecule has 1 unspecified atom stereocenters. The Bertz CT molecular complexity index is 266. The molecule has 1 rings (SSSR count). The van der Waals surface area contributed by atoms with Gasteiger partial charge in [0.2, 0.25) is 5.91 Å². The van der Waals surface area contributed by atoms with E-state index < -0.39 is 0 Å². The molecule has 1 saturated heterocycles. The second kappa shape index (κ2) is 5.99. The van der Waals surface area contributed by atoms with Crippen molar-refractivity contribution in [1.29, 1.82) is 0 Å². The normalized spacial score (nSPS) is 19.9. The van der Waals surface area contributed by atoms with Crippen LogP contribution in [-0.2, 0) is 9.59 Å². The van der Waals surface area contributed by atoms with E-state index in [9.17, 15) is 9.59 Å². The number of hydrogen-bond donors (Lipinski definition) is 0. The molecule has 0 aliphatic carbocycles. The molecule has 0 radical (unpaired) electrons. The maximum Gasteiger partial charge on any atom is 0.236 e. The number of nitrogens with zero attached hydrogens (tertiary/aromatic N) is 2. The number of amides is 1. The number of carbonyl (C=O) groups is 2. The number of piperazine rings is 1. The summed E-state index contributed by atoms with van der Waals surface area (Å²) in [5.74, 6) is 0.473. The first-order chi connectivity index (χ1) is 7.54. The lowest BCUT2D eigenvalue weighted by Crippen LogP contribution is -2.50. The van der Waals surface area contributed by atoms with Crippen LogP contribution in [-0.4, -0.2) is 54.2 Å². The fourth-order valence-electron chi connectivity index (χ4n) is 1.82. The van der Waals surface area contributed by atoms with Crippen LogP contribution in [0.1, 0.15) is 27.2 Å². The molecule has 0 spiro atoms. The van der Waals surface area contributed by atoms with E-state index in [2.05, 4.69) is 11.8 Å². The predicted octanol–water partition coefficient (Wildman–Crippen LogP) is 0.766. The third-order valence-electron chi connectivity index (χ3n) is 3.37. The van der Waals surface area contributed by atoms with Gasteiger partial charge in [-0.25, -0.2) is 0 Å². The van der Waals surface area contributed by atoms with Crippen molar-refractivity contribution in [3.63, 3.8) is 0 Å². The van der Waals surface area contributed by atoms with E-state index in [1.54, 1.807) is 6.92 Å². The van der Waals surface area contributed by atoms with Crippen molar-refractivity contribution in [1.82, 2.24) is 9.80 Å². The van der Waals surface area contributed by atoms with Gasteiger partial charge >= 0.3 is 0 Å². The SMILES string of the molecule is CCN1CCN(CCC(C)C(C)=O)C(=O)C1. The maximum atomic E-state index is 11.7. The standard InChI is InChI=1S/C12H22N2O2/c1-4-13-7-8-14(12(16)9-13)6-5-10(2)11(3)15/h10H,4-9H2,1-3H3. The average Bonchev–Trinajstić information content (AvgIpc) is 2.26. The Morgan fingerprint density at radius 3 is 2.62 bits per heavy atom. The molecule has 0 N–H and O–H groups in total. The second-order valence-electron chi connectivity index (χ2n) is 4.55. The number of rotatable bonds is 5. The fourth-order valence-corrected chi connectivity index (χ4v) is 1.82. The van der Waals surface area contributed by atoms with Crippen molar-refractivity contribution in [2.45, 2.75) is 27.2 Å². The van der Waals surface area contributed by atoms with Crippen LogP contribution in [0.5, 0.6) is 0 Å². The highest BCUT2D eigenvalue weighted by Gasteiger charge is 2.23. The Kier molecular flexibility index (Phi) is 4.93. The number of likely N-dealkylation sites (N-methyl/N-ethyl adjacent to an activating group) is 1. The topological polar surface area (TPSA) is 40.6 Å². The van der Waals surface area contributed by atoms with Gasteiger partial charge in [-0.15, -0.1) is 0 Å². The first-order valence-electron chi connectivity index (χ1n) is 6.05. The van der Waals surface area contributed by atoms with Crippen LogP contribution in [0.15, 0.2) is 0 Å². The van der Waals surface area contributed by atoms with Gasteiger partial charge in [-0.2, -0.15) is 0 Å². The van der Waals surface area contributed by atoms with Gasteiger partial charge in [0.05, 0.1) is 6.54 Å². The molecule has 0 aromatic heterocycles. The summed E-state index contributed by atoms with van der Waals surface area (Å²) in [6, 6.07) is 0. The molecule has 1 heterocycles. The van der Waals surface area contributed by atoms with Crippen molar-refractivity contribution in [2.24, 2.45) is 5.92 Å². The van der Waals surface area contributed by atoms with Crippen molar-refractivity contribution in [2.75, 3.05) is 32.7 Å². The zero-order valence-corrected chi connectivity index (χ0v) is 10.5. The number of ketones is 1. The zero-order chi connectivity index (χ0) is 12.1. The minimum absolute atomic E-state index is 0.0667. The molecule has 92 valence electrons. The van der Waals surface area contributed by atoms with E-state index in [4.69, 9.17) is 0 Å². The van der Waals surface area contributed by atoms with Crippen LogP contribution in [0.3, 0.4) is 0 Å². The number of Topliss-reactive ketones (excluding diaryl/α,β-unsaturated/α-hetero) is 1. The Balaban J connectivity index is 2.33. The summed E-state index contributed by atoms with van der Waals surface area (Å²) < 4.78 is 0. The van der Waals surface area contributed by atoms with Crippen LogP contribution in [0, 0.1) is 5.92 Å². The zero-order valence-electron chi connectivity index (χ0n) is 10.5. The Hall–Kier alpha value is -0.900. The summed E-state index contributed by atoms with van der Waals surface area (Å²) >= 11 is 0. The van der Waals surface area contributed by atoms with Gasteiger partial charge < -0.3 is 4.90 Å². The molecule has 0 aromatic carbocycles. The summed E-state index contributed by atoms with van der Waals surface area (Å²) in [6.45, 7) is 9.55. The van der Waals surface area contributed by atoms with Gasteiger partial charge in [-0.1, -0.05) is 13.8 Å². The molecule has 1 amide bonds. The monoisotopic (exact) mass is 226 g/mol. The highest BCUT2D eigenvalue weighted by atomic mass is 16.2. The third-order valence-corrected chi connectivity index (χ3v) is 3.37. The second-order valence-corrected chi connectivity index (χ2v) is 4.55. The number of hydrogen-bond acceptors (Lipinski definition) is 3. The van der Waals surface area contributed by atoms with Gasteiger partial charge in [0.15, 0.2) is 0 Å². The van der Waals surface area contributed by atoms with Crippen molar-refractivity contribution < 1.29 is 9.59 Å². The molecule has 1 fully saturated rings. The van der Waals surface area contributed by atoms with E-state index in [0.29, 0.717) is 6.54 Å². The summed E-state index contributed by atoms with van der Waals surface area (Å²) in [7, 11) is 0. The molecule has 0 saturated carbocycles. The average molecular weight is 226 g/mol. The van der Waals surface area contributed by atoms with E-state index in [1.165, 1.54) is 0 Å². The van der Waals surface area contributed by atoms with Crippen molar-refractivity contribution in [3.8, 4) is 0 Å². The third kappa shape index (κ3) is 3.59. The lowest BCUT2D eigenvalue weighted by atomic mass is 10.0. The molecular weight excluding hydrogens is 204 g/mol. The maximum absolute atomic E-state index is 11.7. The van der Waals surface area contributed by atoms with E-state index in [1.807, 2.05) is 11.8 Å². The lowest BCUT2D eigenvalue weighted by Gasteiger charge is -2.34. The Morgan fingerprint density at radius 2 is 2.12 bits per heavy atom.